The number of amides is 1. The third-order valence-electron chi connectivity index (χ3n) is 5.30. The molecule has 3 aromatic rings. The number of sulfonamides is 1. The molecule has 2 aromatic carbocycles. The highest BCUT2D eigenvalue weighted by Gasteiger charge is 2.24. The Morgan fingerprint density at radius 2 is 1.81 bits per heavy atom. The van der Waals surface area contributed by atoms with E-state index in [1.165, 1.54) is 36.1 Å². The molecule has 1 amide bonds. The summed E-state index contributed by atoms with van der Waals surface area (Å²) >= 11 is 0. The van der Waals surface area contributed by atoms with Crippen LogP contribution in [0.5, 0.6) is 0 Å². The number of carbonyl (C=O) groups is 1. The standard InChI is InChI=1S/C23H25N3O4S/c27-23(25-20-12-13-26(17-20)16-18-5-2-1-3-6-18)19-8-10-22(11-9-19)31(28,29)24-15-21-7-4-14-30-21/h1-11,14,20,24H,12-13,15-17H2,(H,25,27)/t20-/m1/s1. The lowest BCUT2D eigenvalue weighted by Gasteiger charge is -2.17. The predicted octanol–water partition coefficient (Wildman–Crippen LogP) is 2.76. The number of rotatable bonds is 8. The van der Waals surface area contributed by atoms with Crippen LogP contribution in [0.1, 0.15) is 28.1 Å². The quantitative estimate of drug-likeness (QED) is 0.563. The Kier molecular flexibility index (Phi) is 6.50. The molecule has 1 aliphatic rings. The van der Waals surface area contributed by atoms with Gasteiger partial charge in [0, 0.05) is 31.2 Å². The van der Waals surface area contributed by atoms with E-state index in [9.17, 15) is 13.2 Å². The Balaban J connectivity index is 1.30. The first-order chi connectivity index (χ1) is 15.0. The molecular weight excluding hydrogens is 414 g/mol. The summed E-state index contributed by atoms with van der Waals surface area (Å²) in [5.74, 6) is 0.330. The zero-order valence-corrected chi connectivity index (χ0v) is 17.8. The van der Waals surface area contributed by atoms with Crippen LogP contribution in [-0.2, 0) is 23.1 Å². The van der Waals surface area contributed by atoms with Gasteiger partial charge in [-0.1, -0.05) is 30.3 Å². The van der Waals surface area contributed by atoms with Crippen LogP contribution in [0.2, 0.25) is 0 Å². The SMILES string of the molecule is O=C(N[C@@H]1CCN(Cc2ccccc2)C1)c1ccc(S(=O)(=O)NCc2ccco2)cc1. The van der Waals surface area contributed by atoms with E-state index in [1.807, 2.05) is 18.2 Å². The smallest absolute Gasteiger partial charge is 0.251 e. The summed E-state index contributed by atoms with van der Waals surface area (Å²) in [5, 5.41) is 3.05. The van der Waals surface area contributed by atoms with E-state index in [1.54, 1.807) is 12.1 Å². The monoisotopic (exact) mass is 439 g/mol. The van der Waals surface area contributed by atoms with Crippen molar-refractivity contribution in [3.8, 4) is 0 Å². The average Bonchev–Trinajstić information content (AvgIpc) is 3.45. The van der Waals surface area contributed by atoms with Gasteiger partial charge in [0.25, 0.3) is 5.91 Å². The maximum Gasteiger partial charge on any atom is 0.251 e. The van der Waals surface area contributed by atoms with Crippen molar-refractivity contribution in [1.82, 2.24) is 14.9 Å². The Labute approximate surface area is 182 Å². The highest BCUT2D eigenvalue weighted by atomic mass is 32.2. The molecule has 1 fully saturated rings. The molecule has 0 radical (unpaired) electrons. The van der Waals surface area contributed by atoms with Gasteiger partial charge in [0.05, 0.1) is 17.7 Å². The van der Waals surface area contributed by atoms with Crippen molar-refractivity contribution in [2.75, 3.05) is 13.1 Å². The molecule has 8 heteroatoms. The molecule has 1 aliphatic heterocycles. The van der Waals surface area contributed by atoms with Gasteiger partial charge >= 0.3 is 0 Å². The van der Waals surface area contributed by atoms with Gasteiger partial charge in [0.2, 0.25) is 10.0 Å². The Hall–Kier alpha value is -2.94. The second-order valence-corrected chi connectivity index (χ2v) is 9.38. The zero-order valence-electron chi connectivity index (χ0n) is 17.0. The highest BCUT2D eigenvalue weighted by molar-refractivity contribution is 7.89. The van der Waals surface area contributed by atoms with E-state index in [0.717, 1.165) is 26.1 Å². The number of nitrogens with one attached hydrogen (secondary N) is 2. The van der Waals surface area contributed by atoms with Crippen molar-refractivity contribution in [2.24, 2.45) is 0 Å². The van der Waals surface area contributed by atoms with Crippen LogP contribution in [-0.4, -0.2) is 38.4 Å². The van der Waals surface area contributed by atoms with Crippen LogP contribution in [0.4, 0.5) is 0 Å². The Morgan fingerprint density at radius 1 is 1.03 bits per heavy atom. The lowest BCUT2D eigenvalue weighted by molar-refractivity contribution is 0.0937. The van der Waals surface area contributed by atoms with Gasteiger partial charge in [0.1, 0.15) is 5.76 Å². The molecule has 4 rings (SSSR count). The summed E-state index contributed by atoms with van der Waals surface area (Å²) in [4.78, 5) is 15.0. The van der Waals surface area contributed by atoms with Crippen LogP contribution in [0.15, 0.2) is 82.3 Å². The lowest BCUT2D eigenvalue weighted by Crippen LogP contribution is -2.37. The van der Waals surface area contributed by atoms with Gasteiger partial charge in [-0.2, -0.15) is 0 Å². The predicted molar refractivity (Wildman–Crippen MR) is 117 cm³/mol. The van der Waals surface area contributed by atoms with Crippen LogP contribution in [0.25, 0.3) is 0 Å². The Morgan fingerprint density at radius 3 is 2.52 bits per heavy atom. The average molecular weight is 440 g/mol. The van der Waals surface area contributed by atoms with Gasteiger partial charge < -0.3 is 9.73 Å². The molecule has 7 nitrogen and oxygen atoms in total. The molecule has 0 aliphatic carbocycles. The maximum absolute atomic E-state index is 12.6. The lowest BCUT2D eigenvalue weighted by atomic mass is 10.2. The van der Waals surface area contributed by atoms with Crippen molar-refractivity contribution in [3.63, 3.8) is 0 Å². The molecule has 2 N–H and O–H groups in total. The summed E-state index contributed by atoms with van der Waals surface area (Å²) < 4.78 is 32.4. The second-order valence-electron chi connectivity index (χ2n) is 7.61. The number of hydrogen-bond acceptors (Lipinski definition) is 5. The molecular formula is C23H25N3O4S. The van der Waals surface area contributed by atoms with E-state index in [0.29, 0.717) is 11.3 Å². The van der Waals surface area contributed by atoms with Crippen molar-refractivity contribution in [2.45, 2.75) is 30.4 Å². The first-order valence-electron chi connectivity index (χ1n) is 10.2. The topological polar surface area (TPSA) is 91.7 Å². The first kappa shape index (κ1) is 21.3. The summed E-state index contributed by atoms with van der Waals surface area (Å²) in [6.45, 7) is 2.66. The first-order valence-corrected chi connectivity index (χ1v) is 11.7. The van der Waals surface area contributed by atoms with Crippen LogP contribution in [0.3, 0.4) is 0 Å². The maximum atomic E-state index is 12.6. The van der Waals surface area contributed by atoms with E-state index < -0.39 is 10.0 Å². The van der Waals surface area contributed by atoms with E-state index in [4.69, 9.17) is 4.42 Å². The second kappa shape index (κ2) is 9.47. The number of hydrogen-bond donors (Lipinski definition) is 2. The van der Waals surface area contributed by atoms with Gasteiger partial charge in [-0.25, -0.2) is 13.1 Å². The molecule has 162 valence electrons. The van der Waals surface area contributed by atoms with Crippen molar-refractivity contribution in [1.29, 1.82) is 0 Å². The fourth-order valence-electron chi connectivity index (χ4n) is 3.65. The minimum atomic E-state index is -3.69. The van der Waals surface area contributed by atoms with Crippen LogP contribution < -0.4 is 10.0 Å². The molecule has 1 atom stereocenters. The number of nitrogens with zero attached hydrogens (tertiary/aromatic N) is 1. The molecule has 0 bridgehead atoms. The van der Waals surface area contributed by atoms with Gasteiger partial charge in [-0.3, -0.25) is 9.69 Å². The zero-order chi connectivity index (χ0) is 21.7. The summed E-state index contributed by atoms with van der Waals surface area (Å²) in [7, 11) is -3.69. The summed E-state index contributed by atoms with van der Waals surface area (Å²) in [6, 6.07) is 19.7. The van der Waals surface area contributed by atoms with Crippen molar-refractivity contribution in [3.05, 3.63) is 89.9 Å². The molecule has 1 saturated heterocycles. The normalized spacial score (nSPS) is 17.0. The number of furan rings is 1. The summed E-state index contributed by atoms with van der Waals surface area (Å²) in [6.07, 6.45) is 2.38. The van der Waals surface area contributed by atoms with Gasteiger partial charge in [0.15, 0.2) is 0 Å². The fourth-order valence-corrected chi connectivity index (χ4v) is 4.65. The molecule has 0 spiro atoms. The summed E-state index contributed by atoms with van der Waals surface area (Å²) in [5.41, 5.74) is 1.69. The molecule has 2 heterocycles. The fraction of sp³-hybridized carbons (Fsp3) is 0.261. The van der Waals surface area contributed by atoms with Crippen LogP contribution in [0, 0.1) is 0 Å². The Bertz CT molecular complexity index is 1100. The third kappa shape index (κ3) is 5.61. The number of likely N-dealkylation sites (tertiary alicyclic amines) is 1. The highest BCUT2D eigenvalue weighted by Crippen LogP contribution is 2.15. The largest absolute Gasteiger partial charge is 0.468 e. The molecule has 31 heavy (non-hydrogen) atoms. The molecule has 0 saturated carbocycles. The number of benzene rings is 2. The molecule has 0 unspecified atom stereocenters. The van der Waals surface area contributed by atoms with Crippen molar-refractivity contribution < 1.29 is 17.6 Å². The van der Waals surface area contributed by atoms with Gasteiger partial charge in [-0.15, -0.1) is 0 Å². The van der Waals surface area contributed by atoms with E-state index in [2.05, 4.69) is 27.1 Å². The van der Waals surface area contributed by atoms with Gasteiger partial charge in [-0.05, 0) is 48.4 Å². The third-order valence-corrected chi connectivity index (χ3v) is 6.72. The minimum absolute atomic E-state index is 0.0682. The minimum Gasteiger partial charge on any atom is -0.468 e. The number of carbonyl (C=O) groups excluding carboxylic acids is 1. The van der Waals surface area contributed by atoms with E-state index in [-0.39, 0.29) is 23.4 Å². The molecule has 1 aromatic heterocycles. The van der Waals surface area contributed by atoms with E-state index >= 15 is 0 Å². The van der Waals surface area contributed by atoms with Crippen LogP contribution >= 0.6 is 0 Å². The van der Waals surface area contributed by atoms with Crippen molar-refractivity contribution >= 4 is 15.9 Å².